The van der Waals surface area contributed by atoms with Crippen LogP contribution in [0.1, 0.15) is 37.4 Å². The molecule has 0 amide bonds. The Balaban J connectivity index is 1.85. The number of aryl methyl sites for hydroxylation is 1. The molecule has 2 fully saturated rings. The van der Waals surface area contributed by atoms with Gasteiger partial charge in [0.05, 0.1) is 23.4 Å². The number of hydrogen-bond donors (Lipinski definition) is 0. The van der Waals surface area contributed by atoms with Gasteiger partial charge in [-0.3, -0.25) is 4.98 Å². The summed E-state index contributed by atoms with van der Waals surface area (Å²) >= 11 is 0. The summed E-state index contributed by atoms with van der Waals surface area (Å²) in [6.07, 6.45) is 4.77. The fourth-order valence-electron chi connectivity index (χ4n) is 4.05. The van der Waals surface area contributed by atoms with Gasteiger partial charge in [0.1, 0.15) is 0 Å². The number of ether oxygens (including phenoxy) is 1. The standard InChI is InChI=1S/C19H24N2O/c1-3-15-14(2)20-17-8-5-4-7-16(17)18(15)21-11-12-22-19(13-21)9-6-10-19/h4-5,7-8H,3,6,9-13H2,1-2H3. The third-order valence-corrected chi connectivity index (χ3v) is 5.35. The van der Waals surface area contributed by atoms with E-state index >= 15 is 0 Å². The van der Waals surface area contributed by atoms with Crippen LogP contribution in [-0.4, -0.2) is 30.3 Å². The summed E-state index contributed by atoms with van der Waals surface area (Å²) in [5.41, 5.74) is 5.21. The zero-order valence-electron chi connectivity index (χ0n) is 13.6. The van der Waals surface area contributed by atoms with E-state index in [0.717, 1.165) is 31.6 Å². The van der Waals surface area contributed by atoms with Crippen molar-refractivity contribution in [2.45, 2.75) is 45.1 Å². The Hall–Kier alpha value is -1.61. The molecule has 4 rings (SSSR count). The number of morpholine rings is 1. The maximum Gasteiger partial charge on any atom is 0.0857 e. The first-order chi connectivity index (χ1) is 10.7. The van der Waals surface area contributed by atoms with Crippen molar-refractivity contribution in [2.75, 3.05) is 24.6 Å². The third-order valence-electron chi connectivity index (χ3n) is 5.35. The van der Waals surface area contributed by atoms with Crippen LogP contribution >= 0.6 is 0 Å². The zero-order chi connectivity index (χ0) is 15.2. The average Bonchev–Trinajstić information content (AvgIpc) is 2.52. The molecule has 0 radical (unpaired) electrons. The van der Waals surface area contributed by atoms with Gasteiger partial charge in [-0.15, -0.1) is 0 Å². The second-order valence-corrected chi connectivity index (χ2v) is 6.70. The van der Waals surface area contributed by atoms with Gasteiger partial charge in [0.2, 0.25) is 0 Å². The lowest BCUT2D eigenvalue weighted by molar-refractivity contribution is -0.106. The lowest BCUT2D eigenvalue weighted by Gasteiger charge is -2.49. The SMILES string of the molecule is CCc1c(C)nc2ccccc2c1N1CCOC2(CCC2)C1. The van der Waals surface area contributed by atoms with Gasteiger partial charge < -0.3 is 9.64 Å². The molecule has 3 nitrogen and oxygen atoms in total. The van der Waals surface area contributed by atoms with Gasteiger partial charge in [0, 0.05) is 24.2 Å². The number of hydrogen-bond acceptors (Lipinski definition) is 3. The van der Waals surface area contributed by atoms with Crippen LogP contribution < -0.4 is 4.90 Å². The van der Waals surface area contributed by atoms with Crippen molar-refractivity contribution in [3.8, 4) is 0 Å². The van der Waals surface area contributed by atoms with Crippen molar-refractivity contribution in [3.63, 3.8) is 0 Å². The van der Waals surface area contributed by atoms with Crippen molar-refractivity contribution in [1.29, 1.82) is 0 Å². The Morgan fingerprint density at radius 2 is 2.09 bits per heavy atom. The second kappa shape index (κ2) is 5.24. The molecule has 1 aromatic heterocycles. The van der Waals surface area contributed by atoms with E-state index < -0.39 is 0 Å². The van der Waals surface area contributed by atoms with Crippen molar-refractivity contribution < 1.29 is 4.74 Å². The Morgan fingerprint density at radius 3 is 2.82 bits per heavy atom. The van der Waals surface area contributed by atoms with E-state index in [-0.39, 0.29) is 5.60 Å². The van der Waals surface area contributed by atoms with E-state index in [4.69, 9.17) is 9.72 Å². The van der Waals surface area contributed by atoms with Crippen molar-refractivity contribution in [2.24, 2.45) is 0 Å². The quantitative estimate of drug-likeness (QED) is 0.841. The molecule has 3 heteroatoms. The van der Waals surface area contributed by atoms with E-state index in [9.17, 15) is 0 Å². The molecule has 1 aromatic carbocycles. The summed E-state index contributed by atoms with van der Waals surface area (Å²) in [7, 11) is 0. The minimum absolute atomic E-state index is 0.127. The molecule has 116 valence electrons. The van der Waals surface area contributed by atoms with E-state index in [1.165, 1.54) is 41.6 Å². The second-order valence-electron chi connectivity index (χ2n) is 6.70. The van der Waals surface area contributed by atoms with Crippen LogP contribution in [0.2, 0.25) is 0 Å². The Bertz CT molecular complexity index is 706. The minimum Gasteiger partial charge on any atom is -0.371 e. The van der Waals surface area contributed by atoms with Crippen LogP contribution in [0, 0.1) is 6.92 Å². The fraction of sp³-hybridized carbons (Fsp3) is 0.526. The molecule has 2 aromatic rings. The van der Waals surface area contributed by atoms with Crippen LogP contribution in [0.15, 0.2) is 24.3 Å². The third kappa shape index (κ3) is 2.11. The van der Waals surface area contributed by atoms with Crippen LogP contribution in [0.3, 0.4) is 0 Å². The summed E-state index contributed by atoms with van der Waals surface area (Å²) in [6.45, 7) is 7.25. The lowest BCUT2D eigenvalue weighted by atomic mass is 9.78. The molecule has 2 aliphatic rings. The zero-order valence-corrected chi connectivity index (χ0v) is 13.6. The molecule has 1 aliphatic heterocycles. The average molecular weight is 296 g/mol. The number of nitrogens with zero attached hydrogens (tertiary/aromatic N) is 2. The van der Waals surface area contributed by atoms with E-state index in [1.807, 2.05) is 0 Å². The van der Waals surface area contributed by atoms with Crippen LogP contribution in [-0.2, 0) is 11.2 Å². The molecule has 1 saturated heterocycles. The first-order valence-electron chi connectivity index (χ1n) is 8.49. The first-order valence-corrected chi connectivity index (χ1v) is 8.49. The maximum atomic E-state index is 6.11. The van der Waals surface area contributed by atoms with Gasteiger partial charge in [-0.2, -0.15) is 0 Å². The van der Waals surface area contributed by atoms with Crippen LogP contribution in [0.5, 0.6) is 0 Å². The summed E-state index contributed by atoms with van der Waals surface area (Å²) in [5.74, 6) is 0. The van der Waals surface area contributed by atoms with Crippen molar-refractivity contribution in [3.05, 3.63) is 35.5 Å². The topological polar surface area (TPSA) is 25.4 Å². The summed E-state index contributed by atoms with van der Waals surface area (Å²) < 4.78 is 6.11. The first kappa shape index (κ1) is 14.0. The molecule has 1 saturated carbocycles. The molecule has 0 atom stereocenters. The van der Waals surface area contributed by atoms with Crippen LogP contribution in [0.25, 0.3) is 10.9 Å². The molecule has 0 bridgehead atoms. The summed E-state index contributed by atoms with van der Waals surface area (Å²) in [5, 5.41) is 1.29. The highest BCUT2D eigenvalue weighted by molar-refractivity contribution is 5.94. The fourth-order valence-corrected chi connectivity index (χ4v) is 4.05. The Labute approximate surface area is 132 Å². The normalized spacial score (nSPS) is 20.4. The van der Waals surface area contributed by atoms with Crippen molar-refractivity contribution in [1.82, 2.24) is 4.98 Å². The van der Waals surface area contributed by atoms with Gasteiger partial charge in [-0.05, 0) is 44.2 Å². The number of para-hydroxylation sites is 1. The largest absolute Gasteiger partial charge is 0.371 e. The number of anilines is 1. The van der Waals surface area contributed by atoms with E-state index in [0.29, 0.717) is 0 Å². The number of benzene rings is 1. The monoisotopic (exact) mass is 296 g/mol. The van der Waals surface area contributed by atoms with E-state index in [1.54, 1.807) is 0 Å². The lowest BCUT2D eigenvalue weighted by Crippen LogP contribution is -2.56. The van der Waals surface area contributed by atoms with Gasteiger partial charge >= 0.3 is 0 Å². The molecular formula is C19H24N2O. The van der Waals surface area contributed by atoms with E-state index in [2.05, 4.69) is 43.0 Å². The summed E-state index contributed by atoms with van der Waals surface area (Å²) in [6, 6.07) is 8.56. The van der Waals surface area contributed by atoms with Gasteiger partial charge in [0.15, 0.2) is 0 Å². The van der Waals surface area contributed by atoms with Gasteiger partial charge in [0.25, 0.3) is 0 Å². The van der Waals surface area contributed by atoms with Gasteiger partial charge in [-0.25, -0.2) is 0 Å². The van der Waals surface area contributed by atoms with Gasteiger partial charge in [-0.1, -0.05) is 25.1 Å². The number of fused-ring (bicyclic) bond motifs is 1. The predicted molar refractivity (Wildman–Crippen MR) is 90.6 cm³/mol. The smallest absolute Gasteiger partial charge is 0.0857 e. The molecule has 2 heterocycles. The Kier molecular flexibility index (Phi) is 3.33. The predicted octanol–water partition coefficient (Wildman–Crippen LogP) is 3.86. The summed E-state index contributed by atoms with van der Waals surface area (Å²) in [4.78, 5) is 7.38. The van der Waals surface area contributed by atoms with Crippen molar-refractivity contribution >= 4 is 16.6 Å². The number of pyridine rings is 1. The maximum absolute atomic E-state index is 6.11. The highest BCUT2D eigenvalue weighted by Crippen LogP contribution is 2.41. The number of rotatable bonds is 2. The number of aromatic nitrogens is 1. The highest BCUT2D eigenvalue weighted by atomic mass is 16.5. The molecule has 1 spiro atoms. The minimum atomic E-state index is 0.127. The molecular weight excluding hydrogens is 272 g/mol. The highest BCUT2D eigenvalue weighted by Gasteiger charge is 2.42. The molecule has 1 aliphatic carbocycles. The molecule has 22 heavy (non-hydrogen) atoms. The Morgan fingerprint density at radius 1 is 1.27 bits per heavy atom. The molecule has 0 N–H and O–H groups in total. The van der Waals surface area contributed by atoms with Crippen LogP contribution in [0.4, 0.5) is 5.69 Å². The molecule has 0 unspecified atom stereocenters.